The van der Waals surface area contributed by atoms with E-state index in [9.17, 15) is 9.18 Å². The van der Waals surface area contributed by atoms with Gasteiger partial charge in [0.05, 0.1) is 0 Å². The lowest BCUT2D eigenvalue weighted by molar-refractivity contribution is 0.0942. The fourth-order valence-electron chi connectivity index (χ4n) is 2.00. The molecule has 0 aliphatic rings. The van der Waals surface area contributed by atoms with Crippen LogP contribution in [0.5, 0.6) is 0 Å². The Labute approximate surface area is 126 Å². The maximum Gasteiger partial charge on any atom is 0.273 e. The van der Waals surface area contributed by atoms with Gasteiger partial charge in [0.25, 0.3) is 5.91 Å². The Kier molecular flexibility index (Phi) is 3.96. The third-order valence-corrected chi connectivity index (χ3v) is 3.17. The van der Waals surface area contributed by atoms with E-state index in [1.165, 1.54) is 18.2 Å². The van der Waals surface area contributed by atoms with E-state index in [1.54, 1.807) is 12.1 Å². The number of carbonyl (C=O) groups is 1. The normalized spacial score (nSPS) is 10.4. The summed E-state index contributed by atoms with van der Waals surface area (Å²) in [5, 5.41) is 6.51. The molecule has 0 spiro atoms. The van der Waals surface area contributed by atoms with Crippen molar-refractivity contribution >= 4 is 5.91 Å². The van der Waals surface area contributed by atoms with E-state index in [2.05, 4.69) is 10.5 Å². The Morgan fingerprint density at radius 2 is 1.82 bits per heavy atom. The first-order valence-electron chi connectivity index (χ1n) is 6.77. The van der Waals surface area contributed by atoms with Gasteiger partial charge in [-0.2, -0.15) is 0 Å². The second-order valence-electron chi connectivity index (χ2n) is 4.75. The highest BCUT2D eigenvalue weighted by molar-refractivity contribution is 5.93. The summed E-state index contributed by atoms with van der Waals surface area (Å²) in [5.41, 5.74) is 1.85. The number of nitrogens with zero attached hydrogens (tertiary/aromatic N) is 1. The van der Waals surface area contributed by atoms with E-state index in [0.717, 1.165) is 5.56 Å². The van der Waals surface area contributed by atoms with Crippen molar-refractivity contribution in [2.75, 3.05) is 0 Å². The van der Waals surface area contributed by atoms with Crippen LogP contribution in [0.3, 0.4) is 0 Å². The maximum absolute atomic E-state index is 12.9. The van der Waals surface area contributed by atoms with Crippen molar-refractivity contribution < 1.29 is 13.7 Å². The first-order valence-corrected chi connectivity index (χ1v) is 6.77. The molecule has 0 saturated heterocycles. The molecule has 0 atom stereocenters. The number of aromatic nitrogens is 1. The molecule has 0 aliphatic heterocycles. The van der Waals surface area contributed by atoms with Gasteiger partial charge in [0.15, 0.2) is 11.5 Å². The van der Waals surface area contributed by atoms with Gasteiger partial charge in [0, 0.05) is 18.2 Å². The molecular weight excluding hydrogens is 283 g/mol. The zero-order valence-corrected chi connectivity index (χ0v) is 11.6. The second kappa shape index (κ2) is 6.22. The van der Waals surface area contributed by atoms with E-state index in [4.69, 9.17) is 4.52 Å². The van der Waals surface area contributed by atoms with Gasteiger partial charge in [-0.25, -0.2) is 4.39 Å². The molecule has 110 valence electrons. The number of rotatable bonds is 4. The van der Waals surface area contributed by atoms with Gasteiger partial charge in [-0.3, -0.25) is 4.79 Å². The van der Waals surface area contributed by atoms with E-state index in [0.29, 0.717) is 17.9 Å². The average Bonchev–Trinajstić information content (AvgIpc) is 3.04. The smallest absolute Gasteiger partial charge is 0.273 e. The van der Waals surface area contributed by atoms with Gasteiger partial charge in [0.2, 0.25) is 0 Å². The van der Waals surface area contributed by atoms with Crippen molar-refractivity contribution in [3.63, 3.8) is 0 Å². The molecule has 1 N–H and O–H groups in total. The van der Waals surface area contributed by atoms with Crippen LogP contribution in [-0.4, -0.2) is 11.1 Å². The van der Waals surface area contributed by atoms with E-state index in [1.807, 2.05) is 30.3 Å². The molecule has 5 heteroatoms. The molecule has 0 fully saturated rings. The van der Waals surface area contributed by atoms with Gasteiger partial charge >= 0.3 is 0 Å². The number of hydrogen-bond donors (Lipinski definition) is 1. The van der Waals surface area contributed by atoms with Gasteiger partial charge in [-0.15, -0.1) is 0 Å². The molecule has 1 heterocycles. The molecule has 0 saturated carbocycles. The molecule has 1 amide bonds. The molecule has 2 aromatic carbocycles. The summed E-state index contributed by atoms with van der Waals surface area (Å²) in [6.45, 7) is 0.415. The first kappa shape index (κ1) is 14.0. The van der Waals surface area contributed by atoms with Crippen LogP contribution in [0.4, 0.5) is 4.39 Å². The predicted octanol–water partition coefficient (Wildman–Crippen LogP) is 3.41. The van der Waals surface area contributed by atoms with Gasteiger partial charge < -0.3 is 9.84 Å². The zero-order chi connectivity index (χ0) is 15.4. The molecule has 1 aromatic heterocycles. The number of halogens is 1. The van der Waals surface area contributed by atoms with Crippen LogP contribution in [0.1, 0.15) is 16.1 Å². The highest BCUT2D eigenvalue weighted by Crippen LogP contribution is 2.20. The summed E-state index contributed by atoms with van der Waals surface area (Å²) < 4.78 is 18.0. The van der Waals surface area contributed by atoms with Crippen molar-refractivity contribution in [3.05, 3.63) is 77.7 Å². The minimum atomic E-state index is -0.330. The van der Waals surface area contributed by atoms with E-state index >= 15 is 0 Å². The molecule has 0 bridgehead atoms. The fraction of sp³-hybridized carbons (Fsp3) is 0.0588. The van der Waals surface area contributed by atoms with Gasteiger partial charge in [-0.1, -0.05) is 35.5 Å². The van der Waals surface area contributed by atoms with Crippen molar-refractivity contribution in [1.29, 1.82) is 0 Å². The molecule has 3 aromatic rings. The summed E-state index contributed by atoms with van der Waals surface area (Å²) in [4.78, 5) is 12.0. The van der Waals surface area contributed by atoms with Crippen LogP contribution >= 0.6 is 0 Å². The minimum absolute atomic E-state index is 0.190. The van der Waals surface area contributed by atoms with Gasteiger partial charge in [0.1, 0.15) is 5.82 Å². The van der Waals surface area contributed by atoms with E-state index in [-0.39, 0.29) is 17.4 Å². The van der Waals surface area contributed by atoms with E-state index < -0.39 is 0 Å². The molecule has 22 heavy (non-hydrogen) atoms. The standard InChI is InChI=1S/C17H13FN2O2/c18-14-8-6-13(7-9-14)16-10-15(20-22-16)17(21)19-11-12-4-2-1-3-5-12/h1-10H,11H2,(H,19,21). The van der Waals surface area contributed by atoms with Crippen LogP contribution < -0.4 is 5.32 Å². The average molecular weight is 296 g/mol. The Hall–Kier alpha value is -2.95. The Bertz CT molecular complexity index is 767. The highest BCUT2D eigenvalue weighted by atomic mass is 19.1. The van der Waals surface area contributed by atoms with Crippen molar-refractivity contribution in [1.82, 2.24) is 10.5 Å². The molecule has 0 radical (unpaired) electrons. The largest absolute Gasteiger partial charge is 0.355 e. The minimum Gasteiger partial charge on any atom is -0.355 e. The number of amides is 1. The zero-order valence-electron chi connectivity index (χ0n) is 11.6. The molecule has 4 nitrogen and oxygen atoms in total. The Morgan fingerprint density at radius 3 is 2.55 bits per heavy atom. The maximum atomic E-state index is 12.9. The Morgan fingerprint density at radius 1 is 1.09 bits per heavy atom. The molecular formula is C17H13FN2O2. The number of nitrogens with one attached hydrogen (secondary N) is 1. The summed E-state index contributed by atoms with van der Waals surface area (Å²) in [6.07, 6.45) is 0. The second-order valence-corrected chi connectivity index (χ2v) is 4.75. The van der Waals surface area contributed by atoms with Crippen molar-refractivity contribution in [3.8, 4) is 11.3 Å². The summed E-state index contributed by atoms with van der Waals surface area (Å²) in [5.74, 6) is -0.227. The molecule has 0 aliphatic carbocycles. The number of hydrogen-bond acceptors (Lipinski definition) is 3. The number of benzene rings is 2. The van der Waals surface area contributed by atoms with Crippen molar-refractivity contribution in [2.24, 2.45) is 0 Å². The number of carbonyl (C=O) groups excluding carboxylic acids is 1. The summed E-state index contributed by atoms with van der Waals surface area (Å²) in [7, 11) is 0. The quantitative estimate of drug-likeness (QED) is 0.802. The summed E-state index contributed by atoms with van der Waals surface area (Å²) in [6, 6.07) is 16.9. The highest BCUT2D eigenvalue weighted by Gasteiger charge is 2.13. The Balaban J connectivity index is 1.68. The fourth-order valence-corrected chi connectivity index (χ4v) is 2.00. The first-order chi connectivity index (χ1) is 10.7. The monoisotopic (exact) mass is 296 g/mol. The van der Waals surface area contributed by atoms with Crippen LogP contribution in [0.2, 0.25) is 0 Å². The lowest BCUT2D eigenvalue weighted by atomic mass is 10.1. The lowest BCUT2D eigenvalue weighted by Gasteiger charge is -2.02. The topological polar surface area (TPSA) is 55.1 Å². The van der Waals surface area contributed by atoms with Crippen LogP contribution in [0, 0.1) is 5.82 Å². The molecule has 0 unspecified atom stereocenters. The third kappa shape index (κ3) is 3.20. The van der Waals surface area contributed by atoms with Crippen LogP contribution in [0.15, 0.2) is 65.2 Å². The summed E-state index contributed by atoms with van der Waals surface area (Å²) >= 11 is 0. The SMILES string of the molecule is O=C(NCc1ccccc1)c1cc(-c2ccc(F)cc2)on1. The van der Waals surface area contributed by atoms with Crippen molar-refractivity contribution in [2.45, 2.75) is 6.54 Å². The lowest BCUT2D eigenvalue weighted by Crippen LogP contribution is -2.22. The predicted molar refractivity (Wildman–Crippen MR) is 79.5 cm³/mol. The van der Waals surface area contributed by atoms with Crippen LogP contribution in [-0.2, 0) is 6.54 Å². The van der Waals surface area contributed by atoms with Crippen LogP contribution in [0.25, 0.3) is 11.3 Å². The third-order valence-electron chi connectivity index (χ3n) is 3.17. The van der Waals surface area contributed by atoms with Gasteiger partial charge in [-0.05, 0) is 29.8 Å². The molecule has 3 rings (SSSR count).